The molecule has 6 nitrogen and oxygen atoms in total. The van der Waals surface area contributed by atoms with E-state index >= 15 is 0 Å². The predicted octanol–water partition coefficient (Wildman–Crippen LogP) is 0.374. The number of nitrogens with one attached hydrogen (secondary N) is 1. The number of methoxy groups -OCH3 is 1. The number of hydrogen-bond donors (Lipinski definition) is 2. The second kappa shape index (κ2) is 6.83. The Labute approximate surface area is 105 Å². The summed E-state index contributed by atoms with van der Waals surface area (Å²) < 4.78 is 4.66. The third kappa shape index (κ3) is 5.38. The molecule has 0 aromatic carbocycles. The van der Waals surface area contributed by atoms with Crippen molar-refractivity contribution in [3.8, 4) is 0 Å². The lowest BCUT2D eigenvalue weighted by atomic mass is 10.1. The minimum atomic E-state index is -0.377. The number of nitrogens with two attached hydrogens (primary N) is 1. The average Bonchev–Trinajstić information content (AvgIpc) is 3.05. The second-order valence-corrected chi connectivity index (χ2v) is 5.25. The first-order chi connectivity index (χ1) is 8.12. The van der Waals surface area contributed by atoms with Crippen LogP contribution in [0.4, 0.5) is 0 Å². The third-order valence-electron chi connectivity index (χ3n) is 2.74. The quantitative estimate of drug-likeness (QED) is 0.283. The third-order valence-corrected chi connectivity index (χ3v) is 4.04. The van der Waals surface area contributed by atoms with Gasteiger partial charge in [0.25, 0.3) is 0 Å². The zero-order chi connectivity index (χ0) is 12.7. The summed E-state index contributed by atoms with van der Waals surface area (Å²) in [6.45, 7) is 0. The summed E-state index contributed by atoms with van der Waals surface area (Å²) in [5.41, 5.74) is 1.96. The van der Waals surface area contributed by atoms with Gasteiger partial charge in [-0.1, -0.05) is 5.59 Å². The monoisotopic (exact) mass is 262 g/mol. The van der Waals surface area contributed by atoms with E-state index in [0.717, 1.165) is 18.6 Å². The Morgan fingerprint density at radius 3 is 2.65 bits per heavy atom. The van der Waals surface area contributed by atoms with Crippen LogP contribution in [-0.4, -0.2) is 30.6 Å². The van der Waals surface area contributed by atoms with Crippen LogP contribution < -0.4 is 11.4 Å². The number of hydrazine groups is 1. The molecule has 0 radical (unpaired) electrons. The number of carbonyl (C=O) groups is 2. The highest BCUT2D eigenvalue weighted by Gasteiger charge is 2.44. The molecule has 0 aromatic heterocycles. The maximum absolute atomic E-state index is 11.2. The number of ether oxygens (including phenoxy) is 1. The average molecular weight is 262 g/mol. The summed E-state index contributed by atoms with van der Waals surface area (Å²) >= 11 is 1.65. The van der Waals surface area contributed by atoms with Gasteiger partial charge in [-0.15, -0.1) is 0 Å². The van der Waals surface area contributed by atoms with Gasteiger partial charge in [0.1, 0.15) is 0 Å². The number of esters is 1. The highest BCUT2D eigenvalue weighted by molar-refractivity contribution is 7.99. The molecule has 98 valence electrons. The Morgan fingerprint density at radius 2 is 2.12 bits per heavy atom. The molecule has 0 aromatic rings. The van der Waals surface area contributed by atoms with Crippen molar-refractivity contribution in [1.82, 2.24) is 5.59 Å². The Kier molecular flexibility index (Phi) is 5.73. The Hall–Kier alpha value is -0.790. The van der Waals surface area contributed by atoms with Crippen molar-refractivity contribution in [2.45, 2.75) is 25.7 Å². The number of rotatable bonds is 8. The van der Waals surface area contributed by atoms with E-state index in [-0.39, 0.29) is 17.4 Å². The van der Waals surface area contributed by atoms with E-state index < -0.39 is 0 Å². The first-order valence-corrected chi connectivity index (χ1v) is 6.57. The molecule has 0 heterocycles. The summed E-state index contributed by atoms with van der Waals surface area (Å²) in [6, 6.07) is 0. The van der Waals surface area contributed by atoms with Gasteiger partial charge in [0, 0.05) is 5.75 Å². The van der Waals surface area contributed by atoms with Crippen LogP contribution in [0.15, 0.2) is 0 Å². The number of hydrogen-bond acceptors (Lipinski definition) is 7. The molecule has 1 aliphatic rings. The highest BCUT2D eigenvalue weighted by atomic mass is 32.2. The van der Waals surface area contributed by atoms with E-state index in [1.165, 1.54) is 7.11 Å². The molecule has 0 amide bonds. The first-order valence-electron chi connectivity index (χ1n) is 5.42. The van der Waals surface area contributed by atoms with E-state index in [4.69, 9.17) is 5.84 Å². The Bertz CT molecular complexity index is 281. The molecule has 17 heavy (non-hydrogen) atoms. The predicted molar refractivity (Wildman–Crippen MR) is 63.7 cm³/mol. The molecular formula is C10H18N2O4S. The largest absolute Gasteiger partial charge is 0.469 e. The summed E-state index contributed by atoms with van der Waals surface area (Å²) in [5.74, 6) is 5.85. The van der Waals surface area contributed by atoms with Crippen molar-refractivity contribution >= 4 is 23.7 Å². The van der Waals surface area contributed by atoms with Crippen LogP contribution in [0.25, 0.3) is 0 Å². The zero-order valence-electron chi connectivity index (χ0n) is 9.86. The van der Waals surface area contributed by atoms with Gasteiger partial charge in [-0.05, 0) is 24.0 Å². The van der Waals surface area contributed by atoms with Crippen LogP contribution in [0.3, 0.4) is 0 Å². The molecule has 0 aliphatic heterocycles. The van der Waals surface area contributed by atoms with Crippen LogP contribution in [-0.2, 0) is 19.2 Å². The van der Waals surface area contributed by atoms with Gasteiger partial charge in [0.05, 0.1) is 20.0 Å². The molecule has 7 heteroatoms. The Morgan fingerprint density at radius 1 is 1.41 bits per heavy atom. The van der Waals surface area contributed by atoms with Crippen molar-refractivity contribution in [2.24, 2.45) is 11.3 Å². The Balaban J connectivity index is 2.10. The fourth-order valence-electron chi connectivity index (χ4n) is 1.49. The van der Waals surface area contributed by atoms with E-state index in [1.807, 2.05) is 5.59 Å². The van der Waals surface area contributed by atoms with Crippen molar-refractivity contribution in [1.29, 1.82) is 0 Å². The standard InChI is InChI=1S/C10H18N2O4S/c1-15-9(14)6-10(3-4-10)7-17-5-2-8(13)16-12-11/h12H,2-7,11H2,1H3. The summed E-state index contributed by atoms with van der Waals surface area (Å²) in [7, 11) is 1.40. The fourth-order valence-corrected chi connectivity index (χ4v) is 2.77. The van der Waals surface area contributed by atoms with E-state index in [1.54, 1.807) is 11.8 Å². The highest BCUT2D eigenvalue weighted by Crippen LogP contribution is 2.51. The molecule has 1 rings (SSSR count). The normalized spacial score (nSPS) is 16.4. The van der Waals surface area contributed by atoms with Crippen molar-refractivity contribution < 1.29 is 19.2 Å². The fraction of sp³-hybridized carbons (Fsp3) is 0.800. The van der Waals surface area contributed by atoms with Gasteiger partial charge >= 0.3 is 11.9 Å². The maximum atomic E-state index is 11.2. The number of thioether (sulfide) groups is 1. The minimum Gasteiger partial charge on any atom is -0.469 e. The summed E-state index contributed by atoms with van der Waals surface area (Å²) in [5, 5.41) is 0. The first kappa shape index (κ1) is 14.3. The molecule has 3 N–H and O–H groups in total. The van der Waals surface area contributed by atoms with Gasteiger partial charge in [0.15, 0.2) is 0 Å². The maximum Gasteiger partial charge on any atom is 0.327 e. The molecule has 0 unspecified atom stereocenters. The van der Waals surface area contributed by atoms with Crippen LogP contribution in [0, 0.1) is 5.41 Å². The van der Waals surface area contributed by atoms with E-state index in [0.29, 0.717) is 18.6 Å². The smallest absolute Gasteiger partial charge is 0.327 e. The molecule has 0 spiro atoms. The molecule has 1 fully saturated rings. The van der Waals surface area contributed by atoms with Crippen molar-refractivity contribution in [3.05, 3.63) is 0 Å². The van der Waals surface area contributed by atoms with Gasteiger partial charge in [-0.2, -0.15) is 11.8 Å². The molecule has 0 atom stereocenters. The molecule has 0 bridgehead atoms. The van der Waals surface area contributed by atoms with Gasteiger partial charge in [-0.3, -0.25) is 9.59 Å². The molecular weight excluding hydrogens is 244 g/mol. The summed E-state index contributed by atoms with van der Waals surface area (Å²) in [4.78, 5) is 26.5. The SMILES string of the molecule is COC(=O)CC1(CSCCC(=O)ONN)CC1. The number of carbonyl (C=O) groups excluding carboxylic acids is 2. The van der Waals surface area contributed by atoms with Crippen molar-refractivity contribution in [3.63, 3.8) is 0 Å². The lowest BCUT2D eigenvalue weighted by molar-refractivity contribution is -0.150. The van der Waals surface area contributed by atoms with Crippen LogP contribution in [0.5, 0.6) is 0 Å². The minimum absolute atomic E-state index is 0.105. The van der Waals surface area contributed by atoms with E-state index in [2.05, 4.69) is 9.57 Å². The van der Waals surface area contributed by atoms with Crippen LogP contribution in [0.2, 0.25) is 0 Å². The zero-order valence-corrected chi connectivity index (χ0v) is 10.7. The van der Waals surface area contributed by atoms with Crippen LogP contribution >= 0.6 is 11.8 Å². The van der Waals surface area contributed by atoms with Gasteiger partial charge in [-0.25, -0.2) is 5.84 Å². The lowest BCUT2D eigenvalue weighted by Gasteiger charge is -2.12. The van der Waals surface area contributed by atoms with Crippen LogP contribution in [0.1, 0.15) is 25.7 Å². The summed E-state index contributed by atoms with van der Waals surface area (Å²) in [6.07, 6.45) is 2.91. The van der Waals surface area contributed by atoms with Crippen molar-refractivity contribution in [2.75, 3.05) is 18.6 Å². The lowest BCUT2D eigenvalue weighted by Crippen LogP contribution is -2.26. The second-order valence-electron chi connectivity index (χ2n) is 4.15. The molecule has 0 saturated heterocycles. The topological polar surface area (TPSA) is 90.7 Å². The van der Waals surface area contributed by atoms with Gasteiger partial charge in [0.2, 0.25) is 0 Å². The van der Waals surface area contributed by atoms with E-state index in [9.17, 15) is 9.59 Å². The van der Waals surface area contributed by atoms with Gasteiger partial charge < -0.3 is 9.57 Å². The molecule has 1 aliphatic carbocycles. The molecule has 1 saturated carbocycles.